The van der Waals surface area contributed by atoms with Crippen molar-refractivity contribution < 1.29 is 13.2 Å². The minimum absolute atomic E-state index is 0.119. The highest BCUT2D eigenvalue weighted by Crippen LogP contribution is 2.72. The number of sulfone groups is 1. The molecule has 0 spiro atoms. The molecule has 0 saturated heterocycles. The molecule has 6 aliphatic rings. The molecule has 244 valence electrons. The highest BCUT2D eigenvalue weighted by atomic mass is 32.2. The van der Waals surface area contributed by atoms with E-state index in [2.05, 4.69) is 51.2 Å². The fourth-order valence-corrected chi connectivity index (χ4v) is 14.0. The molecule has 4 saturated carbocycles. The molecule has 45 heavy (non-hydrogen) atoms. The third kappa shape index (κ3) is 5.00. The molecule has 7 rings (SSSR count). The quantitative estimate of drug-likeness (QED) is 0.307. The van der Waals surface area contributed by atoms with Crippen LogP contribution in [0.4, 0.5) is 0 Å². The number of benzene rings is 1. The number of aldehydes is 1. The standard InChI is InChI=1S/C40H55NO3S/c1-37(2)32(29-14-12-28(27-42)13-15-29)18-22-39(4)35(37)20-23-38(3)33-19-24-40(21-8-11-34(40)31(33)16-17-36(38)39)41-25-26-45(43,44)30-9-6-5-7-10-30/h5-7,9-10,12,14,18,27,31,33-36,41H,8,11,13,15-17,19-26H2,1-4H3/t31?,33?,34-,35?,36?,38?,39?,40?/m1/s1. The number of hydrogen-bond donors (Lipinski definition) is 1. The molecule has 0 amide bonds. The molecule has 1 aromatic rings. The fourth-order valence-electron chi connectivity index (χ4n) is 12.8. The first-order valence-electron chi connectivity index (χ1n) is 18.0. The van der Waals surface area contributed by atoms with Crippen molar-refractivity contribution in [2.75, 3.05) is 12.3 Å². The maximum Gasteiger partial charge on any atom is 0.179 e. The molecule has 4 nitrogen and oxygen atoms in total. The summed E-state index contributed by atoms with van der Waals surface area (Å²) in [4.78, 5) is 11.8. The van der Waals surface area contributed by atoms with Crippen molar-refractivity contribution in [3.63, 3.8) is 0 Å². The maximum atomic E-state index is 13.1. The van der Waals surface area contributed by atoms with Gasteiger partial charge in [0, 0.05) is 12.1 Å². The minimum atomic E-state index is -3.27. The van der Waals surface area contributed by atoms with Gasteiger partial charge in [-0.15, -0.1) is 0 Å². The molecule has 5 heteroatoms. The molecule has 7 unspecified atom stereocenters. The molecule has 0 aromatic heterocycles. The zero-order valence-corrected chi connectivity index (χ0v) is 28.9. The Kier molecular flexibility index (Phi) is 7.95. The Morgan fingerprint density at radius 2 is 1.64 bits per heavy atom. The van der Waals surface area contributed by atoms with Crippen LogP contribution >= 0.6 is 0 Å². The van der Waals surface area contributed by atoms with Crippen molar-refractivity contribution in [2.45, 2.75) is 115 Å². The summed E-state index contributed by atoms with van der Waals surface area (Å²) in [7, 11) is -3.27. The van der Waals surface area contributed by atoms with Gasteiger partial charge in [-0.3, -0.25) is 4.79 Å². The van der Waals surface area contributed by atoms with E-state index in [1.165, 1.54) is 69.8 Å². The van der Waals surface area contributed by atoms with Crippen LogP contribution in [0.15, 0.2) is 70.2 Å². The van der Waals surface area contributed by atoms with Crippen LogP contribution in [0.3, 0.4) is 0 Å². The Morgan fingerprint density at radius 1 is 0.844 bits per heavy atom. The lowest BCUT2D eigenvalue weighted by molar-refractivity contribution is -0.175. The topological polar surface area (TPSA) is 63.2 Å². The molecule has 8 atom stereocenters. The lowest BCUT2D eigenvalue weighted by Crippen LogP contribution is -2.63. The zero-order chi connectivity index (χ0) is 31.7. The SMILES string of the molecule is CC1(C)C(C2=CC=C(C=O)CC2)=CCC2(C)C1CCC1(C)C3CCC4(NCCS(=O)(=O)c5ccccc5)CCC[C@@H]4C3CCC12. The van der Waals surface area contributed by atoms with Gasteiger partial charge in [0.15, 0.2) is 9.84 Å². The summed E-state index contributed by atoms with van der Waals surface area (Å²) in [6.45, 7) is 10.9. The Balaban J connectivity index is 1.09. The van der Waals surface area contributed by atoms with Crippen molar-refractivity contribution in [2.24, 2.45) is 45.8 Å². The van der Waals surface area contributed by atoms with Gasteiger partial charge in [0.2, 0.25) is 0 Å². The zero-order valence-electron chi connectivity index (χ0n) is 28.1. The number of rotatable bonds is 7. The summed E-state index contributed by atoms with van der Waals surface area (Å²) in [6.07, 6.45) is 22.6. The summed E-state index contributed by atoms with van der Waals surface area (Å²) < 4.78 is 26.1. The second-order valence-corrected chi connectivity index (χ2v) is 19.0. The third-order valence-corrected chi connectivity index (χ3v) is 16.5. The van der Waals surface area contributed by atoms with E-state index in [9.17, 15) is 13.2 Å². The van der Waals surface area contributed by atoms with Crippen molar-refractivity contribution in [1.29, 1.82) is 0 Å². The Morgan fingerprint density at radius 3 is 2.38 bits per heavy atom. The largest absolute Gasteiger partial charge is 0.310 e. The van der Waals surface area contributed by atoms with Gasteiger partial charge in [-0.1, -0.05) is 70.5 Å². The molecular formula is C40H55NO3S. The summed E-state index contributed by atoms with van der Waals surface area (Å²) in [6, 6.07) is 8.97. The van der Waals surface area contributed by atoms with Gasteiger partial charge in [-0.25, -0.2) is 8.42 Å². The molecule has 0 heterocycles. The number of carbonyl (C=O) groups is 1. The van der Waals surface area contributed by atoms with Crippen LogP contribution in [-0.4, -0.2) is 32.5 Å². The summed E-state index contributed by atoms with van der Waals surface area (Å²) in [5.74, 6) is 3.82. The average molecular weight is 630 g/mol. The van der Waals surface area contributed by atoms with Crippen LogP contribution in [0.2, 0.25) is 0 Å². The van der Waals surface area contributed by atoms with Crippen LogP contribution in [0.1, 0.15) is 105 Å². The van der Waals surface area contributed by atoms with Crippen molar-refractivity contribution in [3.05, 3.63) is 65.3 Å². The van der Waals surface area contributed by atoms with Crippen molar-refractivity contribution in [3.8, 4) is 0 Å². The van der Waals surface area contributed by atoms with Gasteiger partial charge in [-0.05, 0) is 145 Å². The first kappa shape index (κ1) is 31.6. The monoisotopic (exact) mass is 629 g/mol. The Bertz CT molecular complexity index is 1520. The smallest absolute Gasteiger partial charge is 0.179 e. The van der Waals surface area contributed by atoms with Gasteiger partial charge >= 0.3 is 0 Å². The van der Waals surface area contributed by atoms with E-state index >= 15 is 0 Å². The molecule has 4 fully saturated rings. The van der Waals surface area contributed by atoms with Gasteiger partial charge < -0.3 is 5.32 Å². The molecule has 1 N–H and O–H groups in total. The van der Waals surface area contributed by atoms with Crippen molar-refractivity contribution >= 4 is 16.1 Å². The Labute approximate surface area is 272 Å². The predicted octanol–water partition coefficient (Wildman–Crippen LogP) is 8.65. The van der Waals surface area contributed by atoms with Crippen LogP contribution in [0.5, 0.6) is 0 Å². The van der Waals surface area contributed by atoms with E-state index in [4.69, 9.17) is 0 Å². The predicted molar refractivity (Wildman–Crippen MR) is 182 cm³/mol. The van der Waals surface area contributed by atoms with E-state index in [0.29, 0.717) is 34.1 Å². The van der Waals surface area contributed by atoms with Gasteiger partial charge in [0.25, 0.3) is 0 Å². The molecule has 6 aliphatic carbocycles. The number of nitrogens with one attached hydrogen (secondary N) is 1. The Hall–Kier alpha value is -1.98. The normalized spacial score (nSPS) is 40.5. The maximum absolute atomic E-state index is 13.1. The molecule has 1 aromatic carbocycles. The highest BCUT2D eigenvalue weighted by Gasteiger charge is 2.65. The van der Waals surface area contributed by atoms with E-state index in [0.717, 1.165) is 42.5 Å². The number of hydrogen-bond acceptors (Lipinski definition) is 4. The van der Waals surface area contributed by atoms with Gasteiger partial charge in [0.1, 0.15) is 6.29 Å². The number of allylic oxidation sites excluding steroid dienone is 6. The second-order valence-electron chi connectivity index (χ2n) is 16.9. The third-order valence-electron chi connectivity index (χ3n) is 14.7. The van der Waals surface area contributed by atoms with Crippen LogP contribution < -0.4 is 5.32 Å². The summed E-state index contributed by atoms with van der Waals surface area (Å²) in [5.41, 5.74) is 4.89. The van der Waals surface area contributed by atoms with E-state index in [-0.39, 0.29) is 16.7 Å². The summed E-state index contributed by atoms with van der Waals surface area (Å²) >= 11 is 0. The molecule has 0 radical (unpaired) electrons. The molecule has 0 aliphatic heterocycles. The lowest BCUT2D eigenvalue weighted by Gasteiger charge is -2.68. The number of fused-ring (bicyclic) bond motifs is 7. The second kappa shape index (κ2) is 11.3. The van der Waals surface area contributed by atoms with Crippen LogP contribution in [-0.2, 0) is 14.6 Å². The first-order valence-corrected chi connectivity index (χ1v) is 19.7. The summed E-state index contributed by atoms with van der Waals surface area (Å²) in [5, 5.41) is 3.93. The lowest BCUT2D eigenvalue weighted by atomic mass is 9.37. The fraction of sp³-hybridized carbons (Fsp3) is 0.675. The first-order chi connectivity index (χ1) is 21.4. The van der Waals surface area contributed by atoms with E-state index in [1.807, 2.05) is 18.2 Å². The van der Waals surface area contributed by atoms with Gasteiger partial charge in [-0.2, -0.15) is 0 Å². The van der Waals surface area contributed by atoms with E-state index < -0.39 is 9.84 Å². The van der Waals surface area contributed by atoms with Gasteiger partial charge in [0.05, 0.1) is 10.6 Å². The molecular weight excluding hydrogens is 575 g/mol. The number of carbonyl (C=O) groups excluding carboxylic acids is 1. The van der Waals surface area contributed by atoms with Crippen LogP contribution in [0, 0.1) is 45.8 Å². The van der Waals surface area contributed by atoms with Crippen molar-refractivity contribution in [1.82, 2.24) is 5.32 Å². The van der Waals surface area contributed by atoms with Crippen LogP contribution in [0.25, 0.3) is 0 Å². The minimum Gasteiger partial charge on any atom is -0.310 e. The highest BCUT2D eigenvalue weighted by molar-refractivity contribution is 7.91. The van der Waals surface area contributed by atoms with E-state index in [1.54, 1.807) is 17.7 Å². The average Bonchev–Trinajstić information content (AvgIpc) is 3.45. The molecule has 0 bridgehead atoms.